The number of carbonyl (C=O) groups is 1. The molecular weight excluding hydrogens is 517 g/mol. The van der Waals surface area contributed by atoms with E-state index in [0.717, 1.165) is 22.3 Å². The number of ether oxygens (including phenoxy) is 1. The Kier molecular flexibility index (Phi) is 9.94. The van der Waals surface area contributed by atoms with Crippen LogP contribution < -0.4 is 5.32 Å². The summed E-state index contributed by atoms with van der Waals surface area (Å²) in [4.78, 5) is 11.8. The third-order valence-electron chi connectivity index (χ3n) is 6.77. The first-order valence-corrected chi connectivity index (χ1v) is 13.5. The molecule has 5 nitrogen and oxygen atoms in total. The molecule has 0 saturated carbocycles. The van der Waals surface area contributed by atoms with Crippen LogP contribution in [0.4, 0.5) is 4.39 Å². The van der Waals surface area contributed by atoms with E-state index in [4.69, 9.17) is 16.3 Å². The summed E-state index contributed by atoms with van der Waals surface area (Å²) >= 11 is 5.86. The Hall–Kier alpha value is -2.77. The Morgan fingerprint density at radius 2 is 1.74 bits per heavy atom. The Balaban J connectivity index is 1.67. The van der Waals surface area contributed by atoms with Crippen molar-refractivity contribution in [3.63, 3.8) is 0 Å². The van der Waals surface area contributed by atoms with Gasteiger partial charge in [0.1, 0.15) is 5.82 Å². The summed E-state index contributed by atoms with van der Waals surface area (Å²) in [6.45, 7) is 12.2. The summed E-state index contributed by atoms with van der Waals surface area (Å²) in [5.41, 5.74) is 3.62. The van der Waals surface area contributed by atoms with Crippen LogP contribution in [-0.2, 0) is 16.6 Å². The minimum atomic E-state index is -0.944. The number of aliphatic hydroxyl groups excluding tert-OH is 1. The number of hydrogen-bond donors (Lipinski definition) is 3. The molecule has 0 bridgehead atoms. The highest BCUT2D eigenvalue weighted by Gasteiger charge is 2.24. The first kappa shape index (κ1) is 30.8. The number of halogens is 2. The molecule has 0 aliphatic heterocycles. The summed E-state index contributed by atoms with van der Waals surface area (Å²) < 4.78 is 20.3. The van der Waals surface area contributed by atoms with Gasteiger partial charge in [0, 0.05) is 17.1 Å². The van der Waals surface area contributed by atoms with Crippen molar-refractivity contribution in [1.82, 2.24) is 5.32 Å². The number of rotatable bonds is 11. The number of nitrogens with one attached hydrogen (secondary N) is 1. The van der Waals surface area contributed by atoms with Crippen molar-refractivity contribution in [3.05, 3.63) is 93.8 Å². The number of carboxylic acids is 1. The van der Waals surface area contributed by atoms with Gasteiger partial charge in [0.15, 0.2) is 0 Å². The number of aromatic carboxylic acids is 1. The first-order chi connectivity index (χ1) is 18.2. The minimum Gasteiger partial charge on any atom is -0.478 e. The van der Waals surface area contributed by atoms with Gasteiger partial charge in [-0.2, -0.15) is 0 Å². The topological polar surface area (TPSA) is 78.8 Å². The molecule has 3 aromatic rings. The largest absolute Gasteiger partial charge is 0.478 e. The molecule has 1 unspecified atom stereocenters. The van der Waals surface area contributed by atoms with E-state index in [1.807, 2.05) is 77.9 Å². The normalized spacial score (nSPS) is 13.8. The Labute approximate surface area is 236 Å². The summed E-state index contributed by atoms with van der Waals surface area (Å²) in [7, 11) is 0. The second-order valence-electron chi connectivity index (χ2n) is 11.7. The van der Waals surface area contributed by atoms with Crippen molar-refractivity contribution >= 4 is 17.6 Å². The molecule has 7 heteroatoms. The lowest BCUT2D eigenvalue weighted by atomic mass is 9.81. The summed E-state index contributed by atoms with van der Waals surface area (Å²) in [5.74, 6) is -1.29. The fourth-order valence-corrected chi connectivity index (χ4v) is 4.79. The van der Waals surface area contributed by atoms with Crippen LogP contribution >= 0.6 is 11.6 Å². The lowest BCUT2D eigenvalue weighted by Crippen LogP contribution is -2.46. The molecule has 0 amide bonds. The van der Waals surface area contributed by atoms with Crippen LogP contribution in [0.15, 0.2) is 60.7 Å². The molecule has 3 N–H and O–H groups in total. The summed E-state index contributed by atoms with van der Waals surface area (Å²) in [5, 5.41) is 24.0. The monoisotopic (exact) mass is 555 g/mol. The molecule has 0 aliphatic carbocycles. The van der Waals surface area contributed by atoms with E-state index in [1.165, 1.54) is 6.07 Å². The van der Waals surface area contributed by atoms with E-state index in [1.54, 1.807) is 18.2 Å². The van der Waals surface area contributed by atoms with Crippen LogP contribution in [-0.4, -0.2) is 41.0 Å². The van der Waals surface area contributed by atoms with Gasteiger partial charge in [-0.15, -0.1) is 0 Å². The van der Waals surface area contributed by atoms with Gasteiger partial charge in [-0.05, 0) is 84.7 Å². The average Bonchev–Trinajstić information content (AvgIpc) is 2.87. The van der Waals surface area contributed by atoms with Crippen LogP contribution in [0.5, 0.6) is 0 Å². The fourth-order valence-electron chi connectivity index (χ4n) is 4.64. The second-order valence-corrected chi connectivity index (χ2v) is 12.1. The number of hydrogen-bond acceptors (Lipinski definition) is 4. The number of aliphatic hydroxyl groups is 1. The van der Waals surface area contributed by atoms with E-state index in [9.17, 15) is 19.4 Å². The number of carboxylic acid groups (broad SMARTS) is 1. The van der Waals surface area contributed by atoms with Crippen LogP contribution in [0.3, 0.4) is 0 Å². The second kappa shape index (κ2) is 12.6. The van der Waals surface area contributed by atoms with Crippen molar-refractivity contribution in [3.8, 4) is 11.1 Å². The molecule has 3 aromatic carbocycles. The van der Waals surface area contributed by atoms with E-state index < -0.39 is 17.6 Å². The lowest BCUT2D eigenvalue weighted by Gasteiger charge is -2.28. The molecule has 0 saturated heterocycles. The zero-order valence-electron chi connectivity index (χ0n) is 23.5. The van der Waals surface area contributed by atoms with Crippen molar-refractivity contribution < 1.29 is 24.1 Å². The zero-order valence-corrected chi connectivity index (χ0v) is 24.3. The molecule has 0 aliphatic rings. The molecule has 39 heavy (non-hydrogen) atoms. The SMILES string of the molecule is CC(OC[C@H](O)CNC(C)(C)Cc1ccc(Cl)cc1F)c1ccccc1-c1ccc(C(=O)O)c(C(C)(C)C)c1. The molecule has 2 atom stereocenters. The van der Waals surface area contributed by atoms with Crippen molar-refractivity contribution in [1.29, 1.82) is 0 Å². The molecule has 210 valence electrons. The minimum absolute atomic E-state index is 0.110. The Morgan fingerprint density at radius 1 is 1.05 bits per heavy atom. The van der Waals surface area contributed by atoms with Gasteiger partial charge >= 0.3 is 5.97 Å². The predicted octanol–water partition coefficient (Wildman–Crippen LogP) is 7.19. The van der Waals surface area contributed by atoms with E-state index in [2.05, 4.69) is 5.32 Å². The van der Waals surface area contributed by atoms with Gasteiger partial charge in [-0.3, -0.25) is 0 Å². The van der Waals surface area contributed by atoms with Crippen molar-refractivity contribution in [2.45, 2.75) is 71.1 Å². The zero-order chi connectivity index (χ0) is 29.0. The standard InChI is InChI=1S/C32H39ClFNO4/c1-20(39-19-24(36)18-35-32(5,6)17-22-11-13-23(33)16-29(22)34)25-9-7-8-10-26(25)21-12-14-27(30(37)38)28(15-21)31(2,3)4/h7-16,20,24,35-36H,17-19H2,1-6H3,(H,37,38)/t20?,24-/m1/s1. The third kappa shape index (κ3) is 8.36. The fraction of sp³-hybridized carbons (Fsp3) is 0.406. The highest BCUT2D eigenvalue weighted by molar-refractivity contribution is 6.30. The molecule has 0 spiro atoms. The maximum atomic E-state index is 14.2. The first-order valence-electron chi connectivity index (χ1n) is 13.1. The molecule has 0 heterocycles. The van der Waals surface area contributed by atoms with Gasteiger partial charge in [-0.25, -0.2) is 9.18 Å². The van der Waals surface area contributed by atoms with E-state index in [-0.39, 0.29) is 30.5 Å². The van der Waals surface area contributed by atoms with Gasteiger partial charge in [0.2, 0.25) is 0 Å². The van der Waals surface area contributed by atoms with Crippen molar-refractivity contribution in [2.75, 3.05) is 13.2 Å². The highest BCUT2D eigenvalue weighted by atomic mass is 35.5. The van der Waals surface area contributed by atoms with Crippen LogP contribution in [0.25, 0.3) is 11.1 Å². The van der Waals surface area contributed by atoms with Crippen LogP contribution in [0.1, 0.15) is 74.7 Å². The summed E-state index contributed by atoms with van der Waals surface area (Å²) in [6, 6.07) is 17.9. The van der Waals surface area contributed by atoms with Crippen LogP contribution in [0.2, 0.25) is 5.02 Å². The molecule has 0 fully saturated rings. The van der Waals surface area contributed by atoms with E-state index in [0.29, 0.717) is 22.6 Å². The predicted molar refractivity (Wildman–Crippen MR) is 155 cm³/mol. The average molecular weight is 556 g/mol. The maximum Gasteiger partial charge on any atom is 0.335 e. The third-order valence-corrected chi connectivity index (χ3v) is 7.01. The van der Waals surface area contributed by atoms with Crippen molar-refractivity contribution in [2.24, 2.45) is 0 Å². The quantitative estimate of drug-likeness (QED) is 0.233. The van der Waals surface area contributed by atoms with Gasteiger partial charge in [0.05, 0.1) is 24.4 Å². The molecule has 3 rings (SSSR count). The molecule has 0 radical (unpaired) electrons. The Bertz CT molecular complexity index is 1300. The maximum absolute atomic E-state index is 14.2. The Morgan fingerprint density at radius 3 is 2.38 bits per heavy atom. The lowest BCUT2D eigenvalue weighted by molar-refractivity contribution is -0.00398. The molecular formula is C32H39ClFNO4. The van der Waals surface area contributed by atoms with Gasteiger partial charge in [0.25, 0.3) is 0 Å². The number of benzene rings is 3. The smallest absolute Gasteiger partial charge is 0.335 e. The van der Waals surface area contributed by atoms with E-state index >= 15 is 0 Å². The van der Waals surface area contributed by atoms with Gasteiger partial charge in [-0.1, -0.05) is 68.8 Å². The number of β-amino-alcohol motifs (C(OH)–C–C–N with tert-alkyl or cyclic N) is 1. The highest BCUT2D eigenvalue weighted by Crippen LogP contribution is 2.35. The molecule has 0 aromatic heterocycles. The van der Waals surface area contributed by atoms with Crippen LogP contribution in [0, 0.1) is 5.82 Å². The van der Waals surface area contributed by atoms with Gasteiger partial charge < -0.3 is 20.3 Å². The summed E-state index contributed by atoms with van der Waals surface area (Å²) in [6.07, 6.45) is -0.648.